The second-order valence-electron chi connectivity index (χ2n) is 3.60. The van der Waals surface area contributed by atoms with E-state index in [9.17, 15) is 0 Å². The molecule has 0 spiro atoms. The Bertz CT molecular complexity index is 634. The standard InChI is InChI=1S/C11H11N5OS/c1-6-10(18-5-13-6)7(2)15-16-11-9(4-12)14-8(3)17-11/h5,16H,1-3H3. The Morgan fingerprint density at radius 1 is 1.56 bits per heavy atom. The van der Waals surface area contributed by atoms with Gasteiger partial charge in [0.05, 0.1) is 21.8 Å². The Kier molecular flexibility index (Phi) is 3.39. The molecule has 0 atom stereocenters. The van der Waals surface area contributed by atoms with Gasteiger partial charge in [0.15, 0.2) is 5.89 Å². The predicted molar refractivity (Wildman–Crippen MR) is 68.6 cm³/mol. The van der Waals surface area contributed by atoms with Crippen molar-refractivity contribution in [1.29, 1.82) is 5.26 Å². The van der Waals surface area contributed by atoms with Crippen LogP contribution in [0, 0.1) is 25.2 Å². The summed E-state index contributed by atoms with van der Waals surface area (Å²) in [7, 11) is 0. The molecule has 0 radical (unpaired) electrons. The number of aryl methyl sites for hydroxylation is 2. The molecule has 92 valence electrons. The number of rotatable bonds is 3. The van der Waals surface area contributed by atoms with E-state index in [2.05, 4.69) is 20.5 Å². The largest absolute Gasteiger partial charge is 0.422 e. The van der Waals surface area contributed by atoms with Crippen LogP contribution in [0.5, 0.6) is 0 Å². The van der Waals surface area contributed by atoms with Gasteiger partial charge in [-0.3, -0.25) is 0 Å². The molecule has 2 heterocycles. The molecule has 1 N–H and O–H groups in total. The first-order valence-corrected chi connectivity index (χ1v) is 6.08. The molecule has 2 aromatic heterocycles. The molecule has 0 aromatic carbocycles. The van der Waals surface area contributed by atoms with Crippen LogP contribution in [0.25, 0.3) is 0 Å². The van der Waals surface area contributed by atoms with E-state index >= 15 is 0 Å². The van der Waals surface area contributed by atoms with Crippen LogP contribution in [0.1, 0.15) is 29.1 Å². The second-order valence-corrected chi connectivity index (χ2v) is 4.45. The first-order chi connectivity index (χ1) is 8.61. The third-order valence-corrected chi connectivity index (χ3v) is 3.28. The molecular weight excluding hydrogens is 250 g/mol. The third kappa shape index (κ3) is 2.38. The van der Waals surface area contributed by atoms with Crippen molar-refractivity contribution in [2.45, 2.75) is 20.8 Å². The minimum atomic E-state index is 0.199. The average molecular weight is 261 g/mol. The highest BCUT2D eigenvalue weighted by Gasteiger charge is 2.10. The summed E-state index contributed by atoms with van der Waals surface area (Å²) in [5, 5.41) is 13.0. The van der Waals surface area contributed by atoms with Gasteiger partial charge in [-0.15, -0.1) is 11.3 Å². The fraction of sp³-hybridized carbons (Fsp3) is 0.273. The van der Waals surface area contributed by atoms with Gasteiger partial charge in [-0.2, -0.15) is 10.4 Å². The normalized spacial score (nSPS) is 11.3. The third-order valence-electron chi connectivity index (χ3n) is 2.24. The molecule has 0 fully saturated rings. The Morgan fingerprint density at radius 2 is 2.33 bits per heavy atom. The minimum Gasteiger partial charge on any atom is -0.422 e. The van der Waals surface area contributed by atoms with E-state index in [1.807, 2.05) is 19.9 Å². The smallest absolute Gasteiger partial charge is 0.252 e. The lowest BCUT2D eigenvalue weighted by atomic mass is 10.3. The number of thiazole rings is 1. The fourth-order valence-corrected chi connectivity index (χ4v) is 2.17. The van der Waals surface area contributed by atoms with Crippen molar-refractivity contribution in [3.8, 4) is 6.07 Å². The first kappa shape index (κ1) is 12.3. The van der Waals surface area contributed by atoms with Crippen molar-refractivity contribution >= 4 is 22.9 Å². The molecule has 0 aliphatic rings. The lowest BCUT2D eigenvalue weighted by Crippen LogP contribution is -1.99. The van der Waals surface area contributed by atoms with Gasteiger partial charge in [-0.25, -0.2) is 15.4 Å². The summed E-state index contributed by atoms with van der Waals surface area (Å²) >= 11 is 1.51. The van der Waals surface area contributed by atoms with Crippen molar-refractivity contribution in [3.63, 3.8) is 0 Å². The molecule has 7 heteroatoms. The van der Waals surface area contributed by atoms with Crippen LogP contribution in [0.15, 0.2) is 15.0 Å². The summed E-state index contributed by atoms with van der Waals surface area (Å²) in [6.45, 7) is 5.46. The van der Waals surface area contributed by atoms with Crippen LogP contribution in [0.3, 0.4) is 0 Å². The molecule has 0 amide bonds. The molecule has 0 unspecified atom stereocenters. The van der Waals surface area contributed by atoms with Crippen molar-refractivity contribution < 1.29 is 4.42 Å². The van der Waals surface area contributed by atoms with Gasteiger partial charge in [0.2, 0.25) is 5.69 Å². The fourth-order valence-electron chi connectivity index (χ4n) is 1.41. The Labute approximate surface area is 108 Å². The summed E-state index contributed by atoms with van der Waals surface area (Å²) in [6.07, 6.45) is 0. The Morgan fingerprint density at radius 3 is 2.94 bits per heavy atom. The highest BCUT2D eigenvalue weighted by molar-refractivity contribution is 7.12. The predicted octanol–water partition coefficient (Wildman–Crippen LogP) is 2.46. The molecule has 0 aliphatic heterocycles. The second kappa shape index (κ2) is 4.98. The Hall–Kier alpha value is -2.20. The van der Waals surface area contributed by atoms with Crippen LogP contribution < -0.4 is 5.43 Å². The van der Waals surface area contributed by atoms with Crippen LogP contribution in [-0.2, 0) is 0 Å². The number of oxazole rings is 1. The van der Waals surface area contributed by atoms with Gasteiger partial charge in [0, 0.05) is 6.92 Å². The van der Waals surface area contributed by atoms with Gasteiger partial charge in [0.1, 0.15) is 6.07 Å². The molecule has 0 saturated carbocycles. The van der Waals surface area contributed by atoms with Crippen LogP contribution in [-0.4, -0.2) is 15.7 Å². The lowest BCUT2D eigenvalue weighted by Gasteiger charge is -1.99. The van der Waals surface area contributed by atoms with Gasteiger partial charge in [-0.1, -0.05) is 0 Å². The Balaban J connectivity index is 2.21. The van der Waals surface area contributed by atoms with E-state index in [4.69, 9.17) is 9.68 Å². The van der Waals surface area contributed by atoms with E-state index in [1.54, 1.807) is 12.4 Å². The van der Waals surface area contributed by atoms with E-state index < -0.39 is 0 Å². The van der Waals surface area contributed by atoms with Crippen molar-refractivity contribution in [2.75, 3.05) is 5.43 Å². The van der Waals surface area contributed by atoms with Crippen molar-refractivity contribution in [3.05, 3.63) is 27.7 Å². The number of hydrogen-bond acceptors (Lipinski definition) is 7. The highest BCUT2D eigenvalue weighted by Crippen LogP contribution is 2.17. The van der Waals surface area contributed by atoms with Crippen LogP contribution in [0.2, 0.25) is 0 Å². The maximum Gasteiger partial charge on any atom is 0.252 e. The zero-order valence-corrected chi connectivity index (χ0v) is 11.0. The van der Waals surface area contributed by atoms with Gasteiger partial charge in [0.25, 0.3) is 5.88 Å². The number of nitrogens with one attached hydrogen (secondary N) is 1. The van der Waals surface area contributed by atoms with E-state index in [0.717, 1.165) is 16.3 Å². The zero-order chi connectivity index (χ0) is 13.1. The summed E-state index contributed by atoms with van der Waals surface area (Å²) in [5.41, 5.74) is 6.39. The van der Waals surface area contributed by atoms with Gasteiger partial charge in [-0.05, 0) is 13.8 Å². The number of anilines is 1. The number of hydrazone groups is 1. The van der Waals surface area contributed by atoms with Crippen LogP contribution in [0.4, 0.5) is 5.88 Å². The minimum absolute atomic E-state index is 0.199. The molecule has 6 nitrogen and oxygen atoms in total. The molecule has 18 heavy (non-hydrogen) atoms. The molecule has 0 bridgehead atoms. The summed E-state index contributed by atoms with van der Waals surface area (Å²) in [6, 6.07) is 1.94. The molecule has 0 aliphatic carbocycles. The first-order valence-electron chi connectivity index (χ1n) is 5.20. The number of nitriles is 1. The van der Waals surface area contributed by atoms with Crippen molar-refractivity contribution in [2.24, 2.45) is 5.10 Å². The van der Waals surface area contributed by atoms with E-state index in [-0.39, 0.29) is 11.6 Å². The zero-order valence-electron chi connectivity index (χ0n) is 10.2. The van der Waals surface area contributed by atoms with E-state index in [1.165, 1.54) is 11.3 Å². The maximum absolute atomic E-state index is 8.86. The van der Waals surface area contributed by atoms with Gasteiger partial charge < -0.3 is 4.42 Å². The molecule has 0 saturated heterocycles. The van der Waals surface area contributed by atoms with E-state index in [0.29, 0.717) is 5.89 Å². The lowest BCUT2D eigenvalue weighted by molar-refractivity contribution is 0.533. The number of aromatic nitrogens is 2. The maximum atomic E-state index is 8.86. The molecular formula is C11H11N5OS. The average Bonchev–Trinajstić information content (AvgIpc) is 2.92. The van der Waals surface area contributed by atoms with Crippen molar-refractivity contribution in [1.82, 2.24) is 9.97 Å². The summed E-state index contributed by atoms with van der Waals surface area (Å²) < 4.78 is 5.24. The quantitative estimate of drug-likeness (QED) is 0.677. The SMILES string of the molecule is CC(=NNc1oc(C)nc1C#N)c1scnc1C. The highest BCUT2D eigenvalue weighted by atomic mass is 32.1. The van der Waals surface area contributed by atoms with Crippen LogP contribution >= 0.6 is 11.3 Å². The summed E-state index contributed by atoms with van der Waals surface area (Å²) in [5.74, 6) is 0.687. The number of hydrogen-bond donors (Lipinski definition) is 1. The molecule has 2 aromatic rings. The number of nitrogens with zero attached hydrogens (tertiary/aromatic N) is 4. The topological polar surface area (TPSA) is 87.1 Å². The molecule has 2 rings (SSSR count). The summed E-state index contributed by atoms with van der Waals surface area (Å²) in [4.78, 5) is 9.07. The monoisotopic (exact) mass is 261 g/mol. The van der Waals surface area contributed by atoms with Gasteiger partial charge >= 0.3 is 0 Å².